The smallest absolute Gasteiger partial charge is 0.303 e. The van der Waals surface area contributed by atoms with Crippen molar-refractivity contribution in [1.82, 2.24) is 10.2 Å². The first-order valence-electron chi connectivity index (χ1n) is 6.65. The molecule has 110 valence electrons. The summed E-state index contributed by atoms with van der Waals surface area (Å²) in [7, 11) is 0. The largest absolute Gasteiger partial charge is 0.481 e. The van der Waals surface area contributed by atoms with Crippen molar-refractivity contribution in [1.29, 1.82) is 0 Å². The Morgan fingerprint density at radius 2 is 2.00 bits per heavy atom. The third-order valence-electron chi connectivity index (χ3n) is 3.01. The van der Waals surface area contributed by atoms with Crippen LogP contribution in [0.5, 0.6) is 0 Å². The van der Waals surface area contributed by atoms with Crippen molar-refractivity contribution in [3.63, 3.8) is 0 Å². The number of hydrogen-bond donors (Lipinski definition) is 3. The van der Waals surface area contributed by atoms with Crippen LogP contribution in [0, 0.1) is 0 Å². The molecule has 7 heteroatoms. The Kier molecular flexibility index (Phi) is 7.39. The number of aliphatic carboxylic acids is 1. The summed E-state index contributed by atoms with van der Waals surface area (Å²) < 4.78 is 5.22. The Labute approximate surface area is 113 Å². The minimum absolute atomic E-state index is 0.135. The number of unbranched alkanes of at least 4 members (excludes halogenated alkanes) is 1. The van der Waals surface area contributed by atoms with E-state index in [-0.39, 0.29) is 12.3 Å². The van der Waals surface area contributed by atoms with Crippen LogP contribution in [0.3, 0.4) is 0 Å². The normalized spacial score (nSPS) is 17.9. The van der Waals surface area contributed by atoms with Crippen LogP contribution in [0.25, 0.3) is 0 Å². The summed E-state index contributed by atoms with van der Waals surface area (Å²) in [6, 6.07) is -0.544. The molecule has 1 atom stereocenters. The van der Waals surface area contributed by atoms with Crippen LogP contribution >= 0.6 is 0 Å². The van der Waals surface area contributed by atoms with Crippen LogP contribution in [-0.2, 0) is 14.3 Å². The number of amides is 1. The molecule has 7 nitrogen and oxygen atoms in total. The molecule has 1 amide bonds. The molecular formula is C12H23N3O4. The summed E-state index contributed by atoms with van der Waals surface area (Å²) in [6.45, 7) is 3.99. The molecule has 0 saturated carbocycles. The van der Waals surface area contributed by atoms with E-state index in [1.54, 1.807) is 0 Å². The topological polar surface area (TPSA) is 105 Å². The van der Waals surface area contributed by atoms with E-state index in [0.29, 0.717) is 39.1 Å². The van der Waals surface area contributed by atoms with Crippen LogP contribution < -0.4 is 11.1 Å². The third-order valence-corrected chi connectivity index (χ3v) is 3.01. The lowest BCUT2D eigenvalue weighted by molar-refractivity contribution is -0.137. The lowest BCUT2D eigenvalue weighted by atomic mass is 10.2. The number of nitrogens with two attached hydrogens (primary N) is 1. The van der Waals surface area contributed by atoms with E-state index >= 15 is 0 Å². The highest BCUT2D eigenvalue weighted by Crippen LogP contribution is 1.98. The van der Waals surface area contributed by atoms with Gasteiger partial charge in [-0.3, -0.25) is 14.5 Å². The number of carbonyl (C=O) groups excluding carboxylic acids is 1. The molecule has 1 heterocycles. The first-order chi connectivity index (χ1) is 9.09. The van der Waals surface area contributed by atoms with E-state index in [4.69, 9.17) is 15.6 Å². The van der Waals surface area contributed by atoms with Crippen LogP contribution in [0.4, 0.5) is 0 Å². The van der Waals surface area contributed by atoms with Crippen LogP contribution in [0.1, 0.15) is 19.3 Å². The Bertz CT molecular complexity index is 293. The first kappa shape index (κ1) is 15.9. The highest BCUT2D eigenvalue weighted by atomic mass is 16.5. The second-order valence-electron chi connectivity index (χ2n) is 4.66. The first-order valence-corrected chi connectivity index (χ1v) is 6.65. The lowest BCUT2D eigenvalue weighted by Crippen LogP contribution is -2.50. The molecule has 19 heavy (non-hydrogen) atoms. The molecule has 1 unspecified atom stereocenters. The summed E-state index contributed by atoms with van der Waals surface area (Å²) in [4.78, 5) is 24.1. The maximum absolute atomic E-state index is 11.7. The monoisotopic (exact) mass is 273 g/mol. The van der Waals surface area contributed by atoms with Gasteiger partial charge in [0.25, 0.3) is 0 Å². The fourth-order valence-electron chi connectivity index (χ4n) is 1.89. The molecule has 0 aromatic carbocycles. The predicted molar refractivity (Wildman–Crippen MR) is 69.7 cm³/mol. The standard InChI is InChI=1S/C12H23N3O4/c13-10(9-15-5-7-19-8-6-15)12(18)14-4-2-1-3-11(16)17/h10H,1-9,13H2,(H,14,18)(H,16,17). The second kappa shape index (κ2) is 8.84. The van der Waals surface area contributed by atoms with Gasteiger partial charge in [-0.15, -0.1) is 0 Å². The molecule has 0 bridgehead atoms. The molecule has 1 aliphatic heterocycles. The molecule has 4 N–H and O–H groups in total. The molecule has 0 aromatic rings. The van der Waals surface area contributed by atoms with Crippen molar-refractivity contribution in [3.05, 3.63) is 0 Å². The number of carboxylic acids is 1. The molecule has 0 aliphatic carbocycles. The number of rotatable bonds is 8. The Hall–Kier alpha value is -1.18. The lowest BCUT2D eigenvalue weighted by Gasteiger charge is -2.28. The van der Waals surface area contributed by atoms with E-state index in [9.17, 15) is 9.59 Å². The van der Waals surface area contributed by atoms with Gasteiger partial charge >= 0.3 is 5.97 Å². The zero-order chi connectivity index (χ0) is 14.1. The summed E-state index contributed by atoms with van der Waals surface area (Å²) in [5.41, 5.74) is 5.82. The van der Waals surface area contributed by atoms with Crippen molar-refractivity contribution in [2.45, 2.75) is 25.3 Å². The van der Waals surface area contributed by atoms with E-state index in [0.717, 1.165) is 13.1 Å². The quantitative estimate of drug-likeness (QED) is 0.491. The number of nitrogens with zero attached hydrogens (tertiary/aromatic N) is 1. The van der Waals surface area contributed by atoms with Crippen LogP contribution in [0.2, 0.25) is 0 Å². The van der Waals surface area contributed by atoms with Crippen molar-refractivity contribution in [3.8, 4) is 0 Å². The number of nitrogens with one attached hydrogen (secondary N) is 1. The average Bonchev–Trinajstić information content (AvgIpc) is 2.38. The highest BCUT2D eigenvalue weighted by Gasteiger charge is 2.18. The molecule has 1 fully saturated rings. The van der Waals surface area contributed by atoms with Gasteiger partial charge in [-0.05, 0) is 12.8 Å². The Morgan fingerprint density at radius 3 is 2.63 bits per heavy atom. The zero-order valence-corrected chi connectivity index (χ0v) is 11.1. The van der Waals surface area contributed by atoms with Gasteiger partial charge in [-0.2, -0.15) is 0 Å². The van der Waals surface area contributed by atoms with Crippen molar-refractivity contribution in [2.75, 3.05) is 39.4 Å². The maximum atomic E-state index is 11.7. The minimum Gasteiger partial charge on any atom is -0.481 e. The van der Waals surface area contributed by atoms with E-state index in [1.165, 1.54) is 0 Å². The summed E-state index contributed by atoms with van der Waals surface area (Å²) in [6.07, 6.45) is 1.35. The van der Waals surface area contributed by atoms with Crippen LogP contribution in [-0.4, -0.2) is 67.3 Å². The summed E-state index contributed by atoms with van der Waals surface area (Å²) >= 11 is 0. The van der Waals surface area contributed by atoms with Gasteiger partial charge in [0.05, 0.1) is 19.3 Å². The van der Waals surface area contributed by atoms with Gasteiger partial charge in [-0.25, -0.2) is 0 Å². The number of morpholine rings is 1. The SMILES string of the molecule is NC(CN1CCOCC1)C(=O)NCCCCC(=O)O. The number of hydrogen-bond acceptors (Lipinski definition) is 5. The number of ether oxygens (including phenoxy) is 1. The third kappa shape index (κ3) is 7.09. The van der Waals surface area contributed by atoms with Crippen LogP contribution in [0.15, 0.2) is 0 Å². The maximum Gasteiger partial charge on any atom is 0.303 e. The van der Waals surface area contributed by atoms with Gasteiger partial charge in [-0.1, -0.05) is 0 Å². The molecule has 1 saturated heterocycles. The van der Waals surface area contributed by atoms with Gasteiger partial charge in [0.1, 0.15) is 0 Å². The van der Waals surface area contributed by atoms with Crippen molar-refractivity contribution >= 4 is 11.9 Å². The second-order valence-corrected chi connectivity index (χ2v) is 4.66. The van der Waals surface area contributed by atoms with E-state index in [2.05, 4.69) is 10.2 Å². The number of carbonyl (C=O) groups is 2. The van der Waals surface area contributed by atoms with Gasteiger partial charge in [0.2, 0.25) is 5.91 Å². The average molecular weight is 273 g/mol. The van der Waals surface area contributed by atoms with E-state index < -0.39 is 12.0 Å². The highest BCUT2D eigenvalue weighted by molar-refractivity contribution is 5.81. The fraction of sp³-hybridized carbons (Fsp3) is 0.833. The molecular weight excluding hydrogens is 250 g/mol. The Balaban J connectivity index is 2.08. The Morgan fingerprint density at radius 1 is 1.32 bits per heavy atom. The summed E-state index contributed by atoms with van der Waals surface area (Å²) in [5.74, 6) is -0.989. The predicted octanol–water partition coefficient (Wildman–Crippen LogP) is -0.983. The van der Waals surface area contributed by atoms with Crippen molar-refractivity contribution in [2.24, 2.45) is 5.73 Å². The molecule has 1 aliphatic rings. The van der Waals surface area contributed by atoms with Gasteiger partial charge in [0, 0.05) is 32.6 Å². The molecule has 0 aromatic heterocycles. The van der Waals surface area contributed by atoms with Crippen molar-refractivity contribution < 1.29 is 19.4 Å². The van der Waals surface area contributed by atoms with Gasteiger partial charge < -0.3 is 20.9 Å². The molecule has 0 radical (unpaired) electrons. The van der Waals surface area contributed by atoms with Gasteiger partial charge in [0.15, 0.2) is 0 Å². The zero-order valence-electron chi connectivity index (χ0n) is 11.1. The van der Waals surface area contributed by atoms with E-state index in [1.807, 2.05) is 0 Å². The fourth-order valence-corrected chi connectivity index (χ4v) is 1.89. The minimum atomic E-state index is -0.810. The molecule has 1 rings (SSSR count). The summed E-state index contributed by atoms with van der Waals surface area (Å²) in [5, 5.41) is 11.2. The number of carboxylic acid groups (broad SMARTS) is 1. The molecule has 0 spiro atoms.